The summed E-state index contributed by atoms with van der Waals surface area (Å²) in [5, 5.41) is 11.9. The van der Waals surface area contributed by atoms with E-state index in [1.807, 2.05) is 21.1 Å². The van der Waals surface area contributed by atoms with E-state index in [4.69, 9.17) is 18.9 Å². The van der Waals surface area contributed by atoms with Crippen LogP contribution in [0.1, 0.15) is 245 Å². The molecule has 103 heavy (non-hydrogen) atoms. The maximum Gasteiger partial charge on any atom is 0.306 e. The number of nitrogens with zero attached hydrogens (tertiary/aromatic N) is 1. The van der Waals surface area contributed by atoms with Crippen LogP contribution in [0.15, 0.2) is 267 Å². The maximum absolute atomic E-state index is 13.0. The van der Waals surface area contributed by atoms with Crippen LogP contribution < -0.4 is 5.11 Å². The summed E-state index contributed by atoms with van der Waals surface area (Å²) in [6, 6.07) is 0. The summed E-state index contributed by atoms with van der Waals surface area (Å²) < 4.78 is 22.7. The van der Waals surface area contributed by atoms with Gasteiger partial charge in [-0.2, -0.15) is 0 Å². The highest BCUT2D eigenvalue weighted by atomic mass is 16.7. The topological polar surface area (TPSA) is 111 Å². The van der Waals surface area contributed by atoms with Crippen molar-refractivity contribution >= 4 is 17.9 Å². The molecule has 9 nitrogen and oxygen atoms in total. The van der Waals surface area contributed by atoms with Crippen LogP contribution in [0.5, 0.6) is 0 Å². The minimum Gasteiger partial charge on any atom is -0.545 e. The number of quaternary nitrogens is 1. The minimum absolute atomic E-state index is 0.122. The highest BCUT2D eigenvalue weighted by molar-refractivity contribution is 5.70. The number of carbonyl (C=O) groups excluding carboxylic acids is 3. The number of ether oxygens (including phenoxy) is 4. The fourth-order valence-corrected chi connectivity index (χ4v) is 9.54. The summed E-state index contributed by atoms with van der Waals surface area (Å²) >= 11 is 0. The molecule has 9 heteroatoms. The van der Waals surface area contributed by atoms with Crippen LogP contribution in [-0.2, 0) is 33.3 Å². The molecule has 0 fully saturated rings. The number of esters is 2. The summed E-state index contributed by atoms with van der Waals surface area (Å²) in [5.41, 5.74) is 0. The zero-order valence-electron chi connectivity index (χ0n) is 65.1. The van der Waals surface area contributed by atoms with E-state index in [1.54, 1.807) is 0 Å². The Bertz CT molecular complexity index is 2710. The summed E-state index contributed by atoms with van der Waals surface area (Å²) in [4.78, 5) is 37.6. The molecule has 0 aromatic rings. The molecule has 0 aliphatic heterocycles. The summed E-state index contributed by atoms with van der Waals surface area (Å²) in [6.45, 7) is 4.42. The largest absolute Gasteiger partial charge is 0.545 e. The second-order valence-electron chi connectivity index (χ2n) is 26.2. The van der Waals surface area contributed by atoms with Gasteiger partial charge in [-0.05, 0) is 180 Å². The monoisotopic (exact) mass is 1410 g/mol. The van der Waals surface area contributed by atoms with E-state index in [1.165, 1.54) is 25.7 Å². The van der Waals surface area contributed by atoms with E-state index < -0.39 is 30.3 Å². The second-order valence-corrected chi connectivity index (χ2v) is 26.2. The molecule has 2 unspecified atom stereocenters. The van der Waals surface area contributed by atoms with Crippen molar-refractivity contribution in [2.75, 3.05) is 47.5 Å². The van der Waals surface area contributed by atoms with Crippen molar-refractivity contribution in [1.82, 2.24) is 0 Å². The molecular weight excluding hydrogens is 1270 g/mol. The number of carbonyl (C=O) groups is 3. The van der Waals surface area contributed by atoms with Crippen LogP contribution in [0.25, 0.3) is 0 Å². The Kier molecular flexibility index (Phi) is 74.5. The van der Waals surface area contributed by atoms with Crippen LogP contribution >= 0.6 is 0 Å². The van der Waals surface area contributed by atoms with Crippen LogP contribution in [0.4, 0.5) is 0 Å². The van der Waals surface area contributed by atoms with Crippen molar-refractivity contribution in [1.29, 1.82) is 0 Å². The Hall–Kier alpha value is -7.43. The molecule has 0 aliphatic carbocycles. The van der Waals surface area contributed by atoms with Crippen molar-refractivity contribution in [2.45, 2.75) is 257 Å². The summed E-state index contributed by atoms with van der Waals surface area (Å²) in [6.07, 6.45) is 129. The van der Waals surface area contributed by atoms with Gasteiger partial charge in [-0.3, -0.25) is 9.59 Å². The molecule has 570 valence electrons. The molecule has 0 bridgehead atoms. The molecule has 0 heterocycles. The molecule has 0 spiro atoms. The normalized spacial score (nSPS) is 14.1. The van der Waals surface area contributed by atoms with Gasteiger partial charge in [0.1, 0.15) is 13.2 Å². The van der Waals surface area contributed by atoms with Crippen LogP contribution in [0, 0.1) is 0 Å². The Labute approximate surface area is 629 Å². The number of allylic oxidation sites excluding steroid dienone is 44. The Morgan fingerprint density at radius 3 is 0.796 bits per heavy atom. The van der Waals surface area contributed by atoms with E-state index in [9.17, 15) is 19.5 Å². The molecule has 0 amide bonds. The average molecular weight is 1410 g/mol. The molecule has 0 saturated carbocycles. The summed E-state index contributed by atoms with van der Waals surface area (Å²) in [7, 11) is 5.89. The zero-order chi connectivity index (χ0) is 74.6. The lowest BCUT2D eigenvalue weighted by Crippen LogP contribution is -2.44. The Morgan fingerprint density at radius 1 is 0.291 bits per heavy atom. The highest BCUT2D eigenvalue weighted by Crippen LogP contribution is 2.14. The van der Waals surface area contributed by atoms with Gasteiger partial charge in [-0.25, -0.2) is 0 Å². The van der Waals surface area contributed by atoms with Crippen molar-refractivity contribution in [3.05, 3.63) is 267 Å². The van der Waals surface area contributed by atoms with Gasteiger partial charge in [0.05, 0.1) is 40.3 Å². The van der Waals surface area contributed by atoms with Gasteiger partial charge in [0.15, 0.2) is 12.4 Å². The number of aliphatic carboxylic acids is 1. The molecule has 0 radical (unpaired) electrons. The van der Waals surface area contributed by atoms with Crippen molar-refractivity contribution in [3.8, 4) is 0 Å². The van der Waals surface area contributed by atoms with Crippen LogP contribution in [0.2, 0.25) is 0 Å². The fraction of sp³-hybridized carbons (Fsp3) is 0.500. The Morgan fingerprint density at radius 2 is 0.524 bits per heavy atom. The molecular formula is C94H141NO8. The number of carboxylic acid groups (broad SMARTS) is 1. The lowest BCUT2D eigenvalue weighted by atomic mass is 10.1. The van der Waals surface area contributed by atoms with Gasteiger partial charge in [0.2, 0.25) is 0 Å². The number of hydrogen-bond acceptors (Lipinski definition) is 8. The number of carboxylic acids is 1. The van der Waals surface area contributed by atoms with Crippen LogP contribution in [0.3, 0.4) is 0 Å². The predicted molar refractivity (Wildman–Crippen MR) is 443 cm³/mol. The lowest BCUT2D eigenvalue weighted by molar-refractivity contribution is -0.870. The number of likely N-dealkylation sites (N-methyl/N-ethyl adjacent to an activating group) is 1. The quantitative estimate of drug-likeness (QED) is 0.0195. The van der Waals surface area contributed by atoms with Crippen molar-refractivity contribution < 1.29 is 42.9 Å². The maximum atomic E-state index is 13.0. The molecule has 0 rings (SSSR count). The van der Waals surface area contributed by atoms with Gasteiger partial charge < -0.3 is 33.3 Å². The SMILES string of the molecule is CC/C=C\C/C=C\C/C=C\C/C=C\C/C=C\C/C=C\C/C=C\C/C=C\C/C=C\C/C=C\C/C=C\C/C=C\CCCCC(=O)OC(COC(=O)CCCCCCCCCC/C=C\C/C=C\C/C=C\C/C=C\C/C=C\C/C=C\C/C=C\C/C=C\C/C=C\C/C=C\CC)COC(OCC[N+](C)(C)C)C(=O)[O-]. The zero-order valence-corrected chi connectivity index (χ0v) is 65.1. The molecule has 2 atom stereocenters. The highest BCUT2D eigenvalue weighted by Gasteiger charge is 2.22. The van der Waals surface area contributed by atoms with E-state index in [-0.39, 0.29) is 32.7 Å². The third-order valence-corrected chi connectivity index (χ3v) is 15.5. The first-order valence-corrected chi connectivity index (χ1v) is 39.5. The van der Waals surface area contributed by atoms with Crippen LogP contribution in [-0.4, -0.2) is 82.3 Å². The molecule has 0 aromatic heterocycles. The molecule has 0 aliphatic rings. The molecule has 0 N–H and O–H groups in total. The summed E-state index contributed by atoms with van der Waals surface area (Å²) in [5.74, 6) is -2.39. The molecule has 0 saturated heterocycles. The first-order valence-electron chi connectivity index (χ1n) is 39.5. The van der Waals surface area contributed by atoms with Gasteiger partial charge >= 0.3 is 11.9 Å². The lowest BCUT2D eigenvalue weighted by Gasteiger charge is -2.26. The number of hydrogen-bond donors (Lipinski definition) is 0. The third-order valence-electron chi connectivity index (χ3n) is 15.5. The van der Waals surface area contributed by atoms with E-state index in [2.05, 4.69) is 281 Å². The molecule has 0 aromatic carbocycles. The first kappa shape index (κ1) is 95.6. The fourth-order valence-electron chi connectivity index (χ4n) is 9.54. The van der Waals surface area contributed by atoms with Crippen molar-refractivity contribution in [2.24, 2.45) is 0 Å². The van der Waals surface area contributed by atoms with Gasteiger partial charge in [0.25, 0.3) is 0 Å². The van der Waals surface area contributed by atoms with Crippen molar-refractivity contribution in [3.63, 3.8) is 0 Å². The van der Waals surface area contributed by atoms with E-state index in [0.29, 0.717) is 23.9 Å². The first-order chi connectivity index (χ1) is 50.6. The van der Waals surface area contributed by atoms with E-state index in [0.717, 1.165) is 180 Å². The number of rotatable bonds is 69. The van der Waals surface area contributed by atoms with E-state index >= 15 is 0 Å². The average Bonchev–Trinajstić information content (AvgIpc) is 0.985. The third kappa shape index (κ3) is 81.7. The minimum atomic E-state index is -1.66. The smallest absolute Gasteiger partial charge is 0.306 e. The van der Waals surface area contributed by atoms with Gasteiger partial charge in [0, 0.05) is 12.8 Å². The standard InChI is InChI=1S/C94H141NO8/c1-6-8-10-12-14-16-18-20-22-24-26-28-30-32-34-36-38-40-42-44-46-48-50-52-54-56-58-60-62-64-66-68-70-72-74-76-78-80-82-84-91(96)101-88-90(89-102-94(93(98)99)100-87-86-95(3,4)5)103-92(97)85-83-81-79-77-75-73-71-69-67-65-63-61-59-57-55-53-51-49-47-45-43-41-39-37-35-33-31-29-27-25-23-21-19-17-15-13-11-9-7-2/h8-11,14-17,20-23,26-29,32-35,38-41,44-47,50-53,56-59,62-65,69,71,75,77,90,94H,6-7,12-13,18-19,24-25,30-31,36-37,42-43,48-49,54-55,60-61,66-68,70,72-74,76,78-89H2,1-5H3/b10-8-,11-9-,16-14-,17-15-,22-20-,23-21-,28-26-,29-27-,34-32-,35-33-,40-38-,41-39-,46-44-,47-45-,52-50-,53-51-,58-56-,59-57-,64-62-,65-63-,71-69-,77-75-. The van der Waals surface area contributed by atoms with Gasteiger partial charge in [-0.15, -0.1) is 0 Å². The second kappa shape index (κ2) is 80.3. The van der Waals surface area contributed by atoms with Gasteiger partial charge in [-0.1, -0.05) is 320 Å². The Balaban J connectivity index is 4.28. The predicted octanol–water partition coefficient (Wildman–Crippen LogP) is 24.6. The number of unbranched alkanes of at least 4 members (excludes halogenated alkanes) is 10.